The molecule has 0 bridgehead atoms. The molecule has 0 saturated heterocycles. The highest BCUT2D eigenvalue weighted by Gasteiger charge is 2.16. The Hall–Kier alpha value is -1.59. The highest BCUT2D eigenvalue weighted by atomic mass is 35.5. The molecule has 0 spiro atoms. The number of hydrogen-bond acceptors (Lipinski definition) is 4. The molecular weight excluding hydrogens is 288 g/mol. The van der Waals surface area contributed by atoms with Gasteiger partial charge in [-0.25, -0.2) is 9.67 Å². The molecule has 0 fully saturated rings. The van der Waals surface area contributed by atoms with Crippen molar-refractivity contribution in [3.63, 3.8) is 0 Å². The second-order valence-electron chi connectivity index (χ2n) is 5.45. The van der Waals surface area contributed by atoms with Gasteiger partial charge in [0.15, 0.2) is 0 Å². The smallest absolute Gasteiger partial charge is 0.138 e. The van der Waals surface area contributed by atoms with E-state index >= 15 is 0 Å². The Morgan fingerprint density at radius 3 is 2.81 bits per heavy atom. The van der Waals surface area contributed by atoms with Crippen LogP contribution < -0.4 is 10.5 Å². The minimum atomic E-state index is -0.242. The summed E-state index contributed by atoms with van der Waals surface area (Å²) in [5, 5.41) is 4.90. The summed E-state index contributed by atoms with van der Waals surface area (Å²) >= 11 is 6.06. The first-order chi connectivity index (χ1) is 10.0. The van der Waals surface area contributed by atoms with Gasteiger partial charge in [-0.15, -0.1) is 0 Å². The quantitative estimate of drug-likeness (QED) is 0.891. The normalized spacial score (nSPS) is 12.7. The summed E-state index contributed by atoms with van der Waals surface area (Å²) in [7, 11) is 1.63. The van der Waals surface area contributed by atoms with E-state index in [9.17, 15) is 0 Å². The maximum absolute atomic E-state index is 6.31. The second kappa shape index (κ2) is 6.91. The van der Waals surface area contributed by atoms with Crippen LogP contribution in [0.25, 0.3) is 0 Å². The average molecular weight is 309 g/mol. The molecule has 21 heavy (non-hydrogen) atoms. The zero-order chi connectivity index (χ0) is 15.4. The fourth-order valence-electron chi connectivity index (χ4n) is 2.25. The summed E-state index contributed by atoms with van der Waals surface area (Å²) in [6.07, 6.45) is 2.16. The van der Waals surface area contributed by atoms with Gasteiger partial charge in [-0.05, 0) is 24.1 Å². The van der Waals surface area contributed by atoms with Crippen molar-refractivity contribution in [1.29, 1.82) is 0 Å². The third-order valence-electron chi connectivity index (χ3n) is 3.23. The maximum Gasteiger partial charge on any atom is 0.138 e. The minimum absolute atomic E-state index is 0.242. The molecule has 0 aliphatic heterocycles. The zero-order valence-electron chi connectivity index (χ0n) is 12.6. The van der Waals surface area contributed by atoms with Crippen molar-refractivity contribution in [1.82, 2.24) is 14.8 Å². The van der Waals surface area contributed by atoms with Crippen LogP contribution in [0.1, 0.15) is 31.3 Å². The fourth-order valence-corrected chi connectivity index (χ4v) is 2.43. The first-order valence-corrected chi connectivity index (χ1v) is 7.34. The third-order valence-corrected chi connectivity index (χ3v) is 3.46. The van der Waals surface area contributed by atoms with E-state index in [1.165, 1.54) is 0 Å². The molecule has 1 aromatic heterocycles. The Morgan fingerprint density at radius 1 is 1.38 bits per heavy atom. The number of hydrogen-bond donors (Lipinski definition) is 1. The van der Waals surface area contributed by atoms with E-state index in [0.29, 0.717) is 17.4 Å². The lowest BCUT2D eigenvalue weighted by Crippen LogP contribution is -2.19. The average Bonchev–Trinajstić information content (AvgIpc) is 2.85. The number of aromatic nitrogens is 3. The molecule has 2 aromatic rings. The molecule has 2 N–H and O–H groups in total. The number of benzene rings is 1. The van der Waals surface area contributed by atoms with Crippen molar-refractivity contribution in [2.45, 2.75) is 32.9 Å². The molecule has 1 heterocycles. The van der Waals surface area contributed by atoms with Gasteiger partial charge in [0.1, 0.15) is 17.9 Å². The Morgan fingerprint density at radius 2 is 2.14 bits per heavy atom. The van der Waals surface area contributed by atoms with Crippen LogP contribution in [0.2, 0.25) is 5.02 Å². The molecule has 1 aromatic carbocycles. The Kier molecular flexibility index (Phi) is 5.20. The van der Waals surface area contributed by atoms with E-state index < -0.39 is 0 Å². The molecule has 0 radical (unpaired) electrons. The second-order valence-corrected chi connectivity index (χ2v) is 5.89. The van der Waals surface area contributed by atoms with Crippen molar-refractivity contribution in [2.24, 2.45) is 11.7 Å². The van der Waals surface area contributed by atoms with Gasteiger partial charge in [0, 0.05) is 29.6 Å². The van der Waals surface area contributed by atoms with E-state index in [2.05, 4.69) is 23.9 Å². The van der Waals surface area contributed by atoms with Gasteiger partial charge < -0.3 is 10.5 Å². The van der Waals surface area contributed by atoms with E-state index in [1.54, 1.807) is 19.5 Å². The highest BCUT2D eigenvalue weighted by molar-refractivity contribution is 6.30. The predicted octanol–water partition coefficient (Wildman–Crippen LogP) is 2.84. The number of methoxy groups -OCH3 is 1. The van der Waals surface area contributed by atoms with Crippen molar-refractivity contribution in [3.8, 4) is 5.75 Å². The number of nitrogens with two attached hydrogens (primary N) is 1. The molecule has 5 nitrogen and oxygen atoms in total. The molecule has 0 aliphatic rings. The lowest BCUT2D eigenvalue weighted by molar-refractivity contribution is 0.403. The molecule has 114 valence electrons. The molecule has 0 saturated carbocycles. The van der Waals surface area contributed by atoms with Crippen molar-refractivity contribution in [2.75, 3.05) is 7.11 Å². The number of rotatable bonds is 6. The Balaban J connectivity index is 2.20. The molecule has 1 atom stereocenters. The van der Waals surface area contributed by atoms with Gasteiger partial charge in [0.2, 0.25) is 0 Å². The Bertz CT molecular complexity index is 597. The van der Waals surface area contributed by atoms with Crippen LogP contribution in [0.15, 0.2) is 24.5 Å². The summed E-state index contributed by atoms with van der Waals surface area (Å²) in [4.78, 5) is 4.31. The summed E-state index contributed by atoms with van der Waals surface area (Å²) in [6.45, 7) is 5.12. The predicted molar refractivity (Wildman–Crippen MR) is 83.5 cm³/mol. The highest BCUT2D eigenvalue weighted by Crippen LogP contribution is 2.28. The number of halogens is 1. The van der Waals surface area contributed by atoms with Crippen molar-refractivity contribution >= 4 is 11.6 Å². The van der Waals surface area contributed by atoms with Crippen LogP contribution in [0, 0.1) is 5.92 Å². The van der Waals surface area contributed by atoms with E-state index in [1.807, 2.05) is 16.8 Å². The van der Waals surface area contributed by atoms with Crippen LogP contribution in [0.5, 0.6) is 5.75 Å². The topological polar surface area (TPSA) is 66.0 Å². The monoisotopic (exact) mass is 308 g/mol. The van der Waals surface area contributed by atoms with Gasteiger partial charge in [-0.1, -0.05) is 25.4 Å². The SMILES string of the molecule is COc1ccc(Cl)cc1C(N)Cc1ncnn1CC(C)C. The molecule has 0 aliphatic carbocycles. The lowest BCUT2D eigenvalue weighted by Gasteiger charge is -2.16. The van der Waals surface area contributed by atoms with Gasteiger partial charge in [0.05, 0.1) is 7.11 Å². The lowest BCUT2D eigenvalue weighted by atomic mass is 10.0. The number of ether oxygens (including phenoxy) is 1. The summed E-state index contributed by atoms with van der Waals surface area (Å²) in [6, 6.07) is 5.22. The van der Waals surface area contributed by atoms with Crippen LogP contribution in [0.4, 0.5) is 0 Å². The van der Waals surface area contributed by atoms with Crippen LogP contribution in [-0.2, 0) is 13.0 Å². The van der Waals surface area contributed by atoms with Gasteiger partial charge in [0.25, 0.3) is 0 Å². The summed E-state index contributed by atoms with van der Waals surface area (Å²) < 4.78 is 7.26. The number of nitrogens with zero attached hydrogens (tertiary/aromatic N) is 3. The molecule has 2 rings (SSSR count). The molecule has 1 unspecified atom stereocenters. The fraction of sp³-hybridized carbons (Fsp3) is 0.467. The maximum atomic E-state index is 6.31. The van der Waals surface area contributed by atoms with Crippen molar-refractivity contribution in [3.05, 3.63) is 40.9 Å². The zero-order valence-corrected chi connectivity index (χ0v) is 13.3. The first kappa shape index (κ1) is 15.8. The van der Waals surface area contributed by atoms with Gasteiger partial charge >= 0.3 is 0 Å². The Labute approximate surface area is 130 Å². The van der Waals surface area contributed by atoms with Crippen LogP contribution in [0.3, 0.4) is 0 Å². The van der Waals surface area contributed by atoms with E-state index in [-0.39, 0.29) is 6.04 Å². The van der Waals surface area contributed by atoms with E-state index in [0.717, 1.165) is 23.7 Å². The largest absolute Gasteiger partial charge is 0.496 e. The van der Waals surface area contributed by atoms with Gasteiger partial charge in [-0.3, -0.25) is 0 Å². The van der Waals surface area contributed by atoms with Crippen LogP contribution in [-0.4, -0.2) is 21.9 Å². The third kappa shape index (κ3) is 3.95. The molecular formula is C15H21ClN4O. The summed E-state index contributed by atoms with van der Waals surface area (Å²) in [5.41, 5.74) is 7.19. The van der Waals surface area contributed by atoms with Crippen LogP contribution >= 0.6 is 11.6 Å². The minimum Gasteiger partial charge on any atom is -0.496 e. The standard InChI is InChI=1S/C15H21ClN4O/c1-10(2)8-20-15(18-9-19-20)7-13(17)12-6-11(16)4-5-14(12)21-3/h4-6,9-10,13H,7-8,17H2,1-3H3. The van der Waals surface area contributed by atoms with Gasteiger partial charge in [-0.2, -0.15) is 5.10 Å². The molecule has 0 amide bonds. The summed E-state index contributed by atoms with van der Waals surface area (Å²) in [5.74, 6) is 2.11. The molecule has 6 heteroatoms. The van der Waals surface area contributed by atoms with E-state index in [4.69, 9.17) is 22.1 Å². The first-order valence-electron chi connectivity index (χ1n) is 6.97. The van der Waals surface area contributed by atoms with Crippen molar-refractivity contribution < 1.29 is 4.74 Å².